The Morgan fingerprint density at radius 3 is 2.05 bits per heavy atom. The number of hydrogen-bond acceptors (Lipinski definition) is 0. The summed E-state index contributed by atoms with van der Waals surface area (Å²) in [5.74, 6) is 2.71. The highest BCUT2D eigenvalue weighted by Gasteiger charge is 2.26. The number of benzene rings is 1. The summed E-state index contributed by atoms with van der Waals surface area (Å²) in [5, 5.41) is 0. The van der Waals surface area contributed by atoms with Crippen LogP contribution in [0.1, 0.15) is 50.9 Å². The number of aromatic nitrogens is 1. The second kappa shape index (κ2) is 8.47. The van der Waals surface area contributed by atoms with Crippen molar-refractivity contribution in [2.24, 2.45) is 0 Å². The van der Waals surface area contributed by atoms with Crippen molar-refractivity contribution in [3.63, 3.8) is 0 Å². The van der Waals surface area contributed by atoms with E-state index in [1.807, 2.05) is 0 Å². The molecule has 0 aliphatic carbocycles. The Balaban J connectivity index is 2.33. The highest BCUT2D eigenvalue weighted by atomic mass is 32.2. The Morgan fingerprint density at radius 1 is 0.909 bits per heavy atom. The topological polar surface area (TPSA) is 4.93 Å². The molecule has 0 unspecified atom stereocenters. The van der Waals surface area contributed by atoms with Crippen LogP contribution in [0.15, 0.2) is 41.3 Å². The van der Waals surface area contributed by atoms with Crippen LogP contribution in [0.3, 0.4) is 0 Å². The molecule has 120 valence electrons. The maximum atomic E-state index is 2.44. The van der Waals surface area contributed by atoms with Crippen molar-refractivity contribution in [1.29, 1.82) is 0 Å². The summed E-state index contributed by atoms with van der Waals surface area (Å²) in [5.41, 5.74) is 4.10. The van der Waals surface area contributed by atoms with Crippen LogP contribution < -0.4 is 0 Å². The SMILES string of the molecule is CCCC[S+](CCCC)c1cc(C)n(-c2ccccc2)c1C. The van der Waals surface area contributed by atoms with Gasteiger partial charge in [-0.05, 0) is 38.8 Å². The molecule has 0 saturated heterocycles. The summed E-state index contributed by atoms with van der Waals surface area (Å²) in [4.78, 5) is 1.60. The lowest BCUT2D eigenvalue weighted by atomic mass is 10.3. The molecule has 22 heavy (non-hydrogen) atoms. The lowest BCUT2D eigenvalue weighted by Gasteiger charge is -2.10. The molecule has 1 aromatic carbocycles. The normalized spacial score (nSPS) is 11.3. The molecule has 0 fully saturated rings. The number of rotatable bonds is 8. The molecule has 1 nitrogen and oxygen atoms in total. The van der Waals surface area contributed by atoms with Crippen LogP contribution in [-0.4, -0.2) is 16.1 Å². The number of nitrogens with zero attached hydrogens (tertiary/aromatic N) is 1. The monoisotopic (exact) mass is 316 g/mol. The minimum atomic E-state index is 0.417. The molecule has 0 aliphatic rings. The molecule has 0 amide bonds. The van der Waals surface area contributed by atoms with Gasteiger partial charge in [0.15, 0.2) is 4.90 Å². The van der Waals surface area contributed by atoms with Gasteiger partial charge in [-0.2, -0.15) is 0 Å². The zero-order chi connectivity index (χ0) is 15.9. The lowest BCUT2D eigenvalue weighted by molar-refractivity contribution is 0.868. The van der Waals surface area contributed by atoms with E-state index in [9.17, 15) is 0 Å². The van der Waals surface area contributed by atoms with Crippen LogP contribution in [0.5, 0.6) is 0 Å². The Kier molecular flexibility index (Phi) is 6.63. The van der Waals surface area contributed by atoms with Gasteiger partial charge in [-0.3, -0.25) is 0 Å². The van der Waals surface area contributed by atoms with E-state index in [0.29, 0.717) is 10.9 Å². The maximum absolute atomic E-state index is 2.44. The van der Waals surface area contributed by atoms with E-state index in [-0.39, 0.29) is 0 Å². The summed E-state index contributed by atoms with van der Waals surface area (Å²) in [6, 6.07) is 13.2. The van der Waals surface area contributed by atoms with Crippen LogP contribution in [0.25, 0.3) is 5.69 Å². The van der Waals surface area contributed by atoms with Gasteiger partial charge in [0.25, 0.3) is 0 Å². The molecule has 0 spiro atoms. The first-order chi connectivity index (χ1) is 10.7. The minimum absolute atomic E-state index is 0.417. The first-order valence-electron chi connectivity index (χ1n) is 8.60. The van der Waals surface area contributed by atoms with Crippen LogP contribution in [-0.2, 0) is 10.9 Å². The molecule has 0 atom stereocenters. The quantitative estimate of drug-likeness (QED) is 0.553. The van der Waals surface area contributed by atoms with Crippen molar-refractivity contribution >= 4 is 10.9 Å². The van der Waals surface area contributed by atoms with Gasteiger partial charge in [-0.25, -0.2) is 0 Å². The fourth-order valence-corrected chi connectivity index (χ4v) is 5.72. The number of hydrogen-bond donors (Lipinski definition) is 0. The Labute approximate surface area is 139 Å². The van der Waals surface area contributed by atoms with Gasteiger partial charge < -0.3 is 4.57 Å². The Bertz CT molecular complexity index is 563. The van der Waals surface area contributed by atoms with E-state index in [1.54, 1.807) is 4.90 Å². The molecule has 0 N–H and O–H groups in total. The van der Waals surface area contributed by atoms with Gasteiger partial charge in [-0.1, -0.05) is 44.9 Å². The largest absolute Gasteiger partial charge is 0.313 e. The third kappa shape index (κ3) is 3.98. The van der Waals surface area contributed by atoms with Gasteiger partial charge in [0.05, 0.1) is 5.69 Å². The molecule has 2 rings (SSSR count). The molecule has 0 saturated carbocycles. The van der Waals surface area contributed by atoms with Gasteiger partial charge in [0.2, 0.25) is 0 Å². The van der Waals surface area contributed by atoms with E-state index in [1.165, 1.54) is 54.3 Å². The standard InChI is InChI=1S/C20H30NS/c1-5-7-14-22(15-8-6-2)20-16-17(3)21(18(20)4)19-12-10-9-11-13-19/h9-13,16H,5-8,14-15H2,1-4H3/q+1. The number of aryl methyl sites for hydroxylation is 1. The van der Waals surface area contributed by atoms with Crippen LogP contribution in [0, 0.1) is 13.8 Å². The van der Waals surface area contributed by atoms with Crippen molar-refractivity contribution in [2.45, 2.75) is 58.3 Å². The molecule has 1 aromatic heterocycles. The van der Waals surface area contributed by atoms with Gasteiger partial charge in [0, 0.05) is 28.3 Å². The van der Waals surface area contributed by atoms with Crippen LogP contribution in [0.2, 0.25) is 0 Å². The Morgan fingerprint density at radius 2 is 1.50 bits per heavy atom. The summed E-state index contributed by atoms with van der Waals surface area (Å²) in [7, 11) is 0.417. The van der Waals surface area contributed by atoms with E-state index in [4.69, 9.17) is 0 Å². The van der Waals surface area contributed by atoms with Gasteiger partial charge in [-0.15, -0.1) is 0 Å². The number of unbranched alkanes of at least 4 members (excludes halogenated alkanes) is 2. The fraction of sp³-hybridized carbons (Fsp3) is 0.500. The second-order valence-corrected chi connectivity index (χ2v) is 8.26. The predicted octanol–water partition coefficient (Wildman–Crippen LogP) is 5.67. The predicted molar refractivity (Wildman–Crippen MR) is 100 cm³/mol. The van der Waals surface area contributed by atoms with Crippen molar-refractivity contribution in [3.8, 4) is 5.69 Å². The van der Waals surface area contributed by atoms with E-state index in [2.05, 4.69) is 68.7 Å². The van der Waals surface area contributed by atoms with E-state index >= 15 is 0 Å². The fourth-order valence-electron chi connectivity index (χ4n) is 2.96. The maximum Gasteiger partial charge on any atom is 0.176 e. The molecular weight excluding hydrogens is 286 g/mol. The van der Waals surface area contributed by atoms with Crippen molar-refractivity contribution < 1.29 is 0 Å². The first-order valence-corrected chi connectivity index (χ1v) is 10.2. The number of para-hydroxylation sites is 1. The van der Waals surface area contributed by atoms with Crippen LogP contribution in [0.4, 0.5) is 0 Å². The highest BCUT2D eigenvalue weighted by Crippen LogP contribution is 2.27. The zero-order valence-corrected chi connectivity index (χ0v) is 15.4. The summed E-state index contributed by atoms with van der Waals surface area (Å²) in [6.07, 6.45) is 5.30. The van der Waals surface area contributed by atoms with E-state index < -0.39 is 0 Å². The minimum Gasteiger partial charge on any atom is -0.313 e. The highest BCUT2D eigenvalue weighted by molar-refractivity contribution is 7.96. The molecule has 1 heterocycles. The summed E-state index contributed by atoms with van der Waals surface area (Å²) >= 11 is 0. The Hall–Kier alpha value is -1.15. The smallest absolute Gasteiger partial charge is 0.176 e. The van der Waals surface area contributed by atoms with E-state index in [0.717, 1.165) is 0 Å². The molecule has 0 bridgehead atoms. The van der Waals surface area contributed by atoms with Crippen molar-refractivity contribution in [1.82, 2.24) is 4.57 Å². The lowest BCUT2D eigenvalue weighted by Crippen LogP contribution is -2.14. The first kappa shape index (κ1) is 17.2. The molecule has 0 radical (unpaired) electrons. The molecule has 2 heteroatoms. The summed E-state index contributed by atoms with van der Waals surface area (Å²) < 4.78 is 2.42. The zero-order valence-electron chi connectivity index (χ0n) is 14.6. The molecule has 0 aliphatic heterocycles. The summed E-state index contributed by atoms with van der Waals surface area (Å²) in [6.45, 7) is 9.14. The van der Waals surface area contributed by atoms with Gasteiger partial charge in [0.1, 0.15) is 11.5 Å². The van der Waals surface area contributed by atoms with Gasteiger partial charge >= 0.3 is 0 Å². The van der Waals surface area contributed by atoms with Crippen LogP contribution >= 0.6 is 0 Å². The molecular formula is C20H30NS+. The second-order valence-electron chi connectivity index (χ2n) is 6.01. The third-order valence-electron chi connectivity index (χ3n) is 4.20. The van der Waals surface area contributed by atoms with Crippen molar-refractivity contribution in [3.05, 3.63) is 47.8 Å². The average molecular weight is 317 g/mol. The molecule has 2 aromatic rings. The van der Waals surface area contributed by atoms with Crippen molar-refractivity contribution in [2.75, 3.05) is 11.5 Å². The third-order valence-corrected chi connectivity index (χ3v) is 6.80. The average Bonchev–Trinajstić information content (AvgIpc) is 2.83.